The summed E-state index contributed by atoms with van der Waals surface area (Å²) in [4.78, 5) is 25.1. The molecule has 0 saturated carbocycles. The average molecular weight is 468 g/mol. The first kappa shape index (κ1) is 24.0. The molecule has 0 fully saturated rings. The van der Waals surface area contributed by atoms with Crippen molar-refractivity contribution >= 4 is 11.7 Å². The molecule has 1 aromatic heterocycles. The first-order valence-electron chi connectivity index (χ1n) is 11.6. The zero-order valence-electron chi connectivity index (χ0n) is 20.2. The Morgan fingerprint density at radius 1 is 0.886 bits per heavy atom. The quantitative estimate of drug-likeness (QED) is 0.355. The average Bonchev–Trinajstić information content (AvgIpc) is 3.15. The Kier molecular flexibility index (Phi) is 7.41. The van der Waals surface area contributed by atoms with E-state index in [4.69, 9.17) is 4.74 Å². The maximum Gasteiger partial charge on any atom is 0.251 e. The Labute approximate surface area is 205 Å². The van der Waals surface area contributed by atoms with E-state index >= 15 is 0 Å². The number of carbonyl (C=O) groups excluding carboxylic acids is 2. The zero-order valence-corrected chi connectivity index (χ0v) is 20.2. The number of Topliss-reactive ketones (excluding diaryl/α,β-unsaturated/α-hetero) is 1. The van der Waals surface area contributed by atoms with E-state index in [1.165, 1.54) is 0 Å². The summed E-state index contributed by atoms with van der Waals surface area (Å²) >= 11 is 0. The first-order valence-corrected chi connectivity index (χ1v) is 11.6. The molecule has 4 aromatic rings. The number of aryl methyl sites for hydroxylation is 1. The number of aromatic nitrogens is 2. The number of amides is 1. The van der Waals surface area contributed by atoms with E-state index in [9.17, 15) is 9.59 Å². The molecule has 6 nitrogen and oxygen atoms in total. The van der Waals surface area contributed by atoms with Gasteiger partial charge in [0.05, 0.1) is 12.2 Å². The number of benzene rings is 3. The number of rotatable bonds is 9. The fraction of sp³-hybridized carbons (Fsp3) is 0.207. The first-order chi connectivity index (χ1) is 16.9. The highest BCUT2D eigenvalue weighted by atomic mass is 16.5. The van der Waals surface area contributed by atoms with Crippen LogP contribution in [0, 0.1) is 13.8 Å². The van der Waals surface area contributed by atoms with E-state index in [1.54, 1.807) is 13.1 Å². The molecular weight excluding hydrogens is 438 g/mol. The molecule has 1 heterocycles. The maximum atomic E-state index is 13.1. The van der Waals surface area contributed by atoms with Crippen LogP contribution in [0.3, 0.4) is 0 Å². The second-order valence-electron chi connectivity index (χ2n) is 8.49. The number of hydrogen-bond donors (Lipinski definition) is 1. The van der Waals surface area contributed by atoms with Gasteiger partial charge in [0.1, 0.15) is 12.4 Å². The number of para-hydroxylation sites is 1. The molecule has 3 aromatic carbocycles. The number of ether oxygens (including phenoxy) is 1. The summed E-state index contributed by atoms with van der Waals surface area (Å²) in [7, 11) is 1.62. The molecule has 0 unspecified atom stereocenters. The van der Waals surface area contributed by atoms with Crippen LogP contribution in [0.25, 0.3) is 0 Å². The van der Waals surface area contributed by atoms with Crippen molar-refractivity contribution in [1.82, 2.24) is 15.1 Å². The molecule has 0 spiro atoms. The Bertz CT molecular complexity index is 1340. The highest BCUT2D eigenvalue weighted by Gasteiger charge is 2.17. The lowest BCUT2D eigenvalue weighted by Gasteiger charge is -2.09. The van der Waals surface area contributed by atoms with Crippen molar-refractivity contribution in [3.8, 4) is 5.75 Å². The van der Waals surface area contributed by atoms with E-state index in [0.29, 0.717) is 24.3 Å². The van der Waals surface area contributed by atoms with Crippen LogP contribution in [-0.4, -0.2) is 28.5 Å². The normalized spacial score (nSPS) is 10.7. The molecule has 0 aliphatic rings. The fourth-order valence-corrected chi connectivity index (χ4v) is 4.05. The molecule has 0 saturated heterocycles. The molecule has 0 bridgehead atoms. The maximum absolute atomic E-state index is 13.1. The lowest BCUT2D eigenvalue weighted by atomic mass is 10.00. The van der Waals surface area contributed by atoms with Crippen molar-refractivity contribution in [3.63, 3.8) is 0 Å². The zero-order chi connectivity index (χ0) is 24.8. The monoisotopic (exact) mass is 467 g/mol. The van der Waals surface area contributed by atoms with E-state index in [0.717, 1.165) is 33.8 Å². The van der Waals surface area contributed by atoms with Crippen LogP contribution in [0.15, 0.2) is 78.9 Å². The van der Waals surface area contributed by atoms with Crippen LogP contribution in [0.5, 0.6) is 5.75 Å². The predicted octanol–water partition coefficient (Wildman–Crippen LogP) is 4.91. The van der Waals surface area contributed by atoms with Crippen molar-refractivity contribution < 1.29 is 14.3 Å². The van der Waals surface area contributed by atoms with Crippen molar-refractivity contribution in [2.75, 3.05) is 7.05 Å². The molecule has 1 N–H and O–H groups in total. The standard InChI is InChI=1S/C29H29N3O3/c1-20-27(21(2)32(31-20)18-22-9-7-12-25(15-22)29(34)30-3)17-28(33)24-11-8-10-23(16-24)19-35-26-13-5-4-6-14-26/h4-16H,17-19H2,1-3H3,(H,30,34). The van der Waals surface area contributed by atoms with Crippen molar-refractivity contribution in [3.05, 3.63) is 118 Å². The summed E-state index contributed by atoms with van der Waals surface area (Å²) in [5, 5.41) is 7.32. The van der Waals surface area contributed by atoms with Crippen molar-refractivity contribution in [1.29, 1.82) is 0 Å². The summed E-state index contributed by atoms with van der Waals surface area (Å²) in [5.41, 5.74) is 5.90. The van der Waals surface area contributed by atoms with Gasteiger partial charge in [-0.05, 0) is 55.3 Å². The van der Waals surface area contributed by atoms with Crippen molar-refractivity contribution in [2.45, 2.75) is 33.4 Å². The minimum atomic E-state index is -0.122. The summed E-state index contributed by atoms with van der Waals surface area (Å²) in [6.07, 6.45) is 0.277. The van der Waals surface area contributed by atoms with Gasteiger partial charge in [0.2, 0.25) is 0 Å². The summed E-state index contributed by atoms with van der Waals surface area (Å²) < 4.78 is 7.72. The summed E-state index contributed by atoms with van der Waals surface area (Å²) in [6.45, 7) is 4.83. The minimum Gasteiger partial charge on any atom is -0.489 e. The van der Waals surface area contributed by atoms with Gasteiger partial charge in [0.25, 0.3) is 5.91 Å². The molecular formula is C29H29N3O3. The molecule has 4 rings (SSSR count). The summed E-state index contributed by atoms with van der Waals surface area (Å²) in [5.74, 6) is 0.714. The van der Waals surface area contributed by atoms with Gasteiger partial charge in [-0.15, -0.1) is 0 Å². The molecule has 0 aliphatic heterocycles. The Morgan fingerprint density at radius 3 is 2.31 bits per heavy atom. The van der Waals surface area contributed by atoms with Gasteiger partial charge in [-0.25, -0.2) is 0 Å². The highest BCUT2D eigenvalue weighted by Crippen LogP contribution is 2.19. The molecule has 35 heavy (non-hydrogen) atoms. The minimum absolute atomic E-state index is 0.0407. The molecule has 1 amide bonds. The van der Waals surface area contributed by atoms with Crippen LogP contribution in [0.2, 0.25) is 0 Å². The predicted molar refractivity (Wildman–Crippen MR) is 136 cm³/mol. The van der Waals surface area contributed by atoms with E-state index in [2.05, 4.69) is 10.4 Å². The Balaban J connectivity index is 1.46. The van der Waals surface area contributed by atoms with Crippen LogP contribution in [0.4, 0.5) is 0 Å². The number of carbonyl (C=O) groups is 2. The van der Waals surface area contributed by atoms with E-state index < -0.39 is 0 Å². The van der Waals surface area contributed by atoms with Crippen LogP contribution in [0.1, 0.15) is 48.8 Å². The molecule has 0 aliphatic carbocycles. The largest absolute Gasteiger partial charge is 0.489 e. The smallest absolute Gasteiger partial charge is 0.251 e. The number of nitrogens with zero attached hydrogens (tertiary/aromatic N) is 2. The van der Waals surface area contributed by atoms with Gasteiger partial charge in [-0.2, -0.15) is 5.10 Å². The van der Waals surface area contributed by atoms with E-state index in [1.807, 2.05) is 91.3 Å². The number of hydrogen-bond acceptors (Lipinski definition) is 4. The van der Waals surface area contributed by atoms with Gasteiger partial charge < -0.3 is 10.1 Å². The number of nitrogens with one attached hydrogen (secondary N) is 1. The Morgan fingerprint density at radius 2 is 1.57 bits per heavy atom. The van der Waals surface area contributed by atoms with Crippen molar-refractivity contribution in [2.24, 2.45) is 0 Å². The van der Waals surface area contributed by atoms with Gasteiger partial charge >= 0.3 is 0 Å². The van der Waals surface area contributed by atoms with Gasteiger partial charge in [0.15, 0.2) is 5.78 Å². The Hall–Kier alpha value is -4.19. The molecule has 0 atom stereocenters. The topological polar surface area (TPSA) is 73.2 Å². The second kappa shape index (κ2) is 10.8. The van der Waals surface area contributed by atoms with Crippen LogP contribution < -0.4 is 10.1 Å². The molecule has 6 heteroatoms. The van der Waals surface area contributed by atoms with Gasteiger partial charge in [0, 0.05) is 35.9 Å². The fourth-order valence-electron chi connectivity index (χ4n) is 4.05. The van der Waals surface area contributed by atoms with Gasteiger partial charge in [-0.1, -0.05) is 48.5 Å². The van der Waals surface area contributed by atoms with Crippen LogP contribution in [-0.2, 0) is 19.6 Å². The summed E-state index contributed by atoms with van der Waals surface area (Å²) in [6, 6.07) is 24.7. The third-order valence-corrected chi connectivity index (χ3v) is 6.01. The lowest BCUT2D eigenvalue weighted by molar-refractivity contribution is 0.0961. The van der Waals surface area contributed by atoms with E-state index in [-0.39, 0.29) is 18.1 Å². The third-order valence-electron chi connectivity index (χ3n) is 6.01. The molecule has 178 valence electrons. The van der Waals surface area contributed by atoms with Crippen LogP contribution >= 0.6 is 0 Å². The number of ketones is 1. The third kappa shape index (κ3) is 5.84. The van der Waals surface area contributed by atoms with Gasteiger partial charge in [-0.3, -0.25) is 14.3 Å². The second-order valence-corrected chi connectivity index (χ2v) is 8.49. The SMILES string of the molecule is CNC(=O)c1cccc(Cn2nc(C)c(CC(=O)c3cccc(COc4ccccc4)c3)c2C)c1. The molecule has 0 radical (unpaired) electrons. The lowest BCUT2D eigenvalue weighted by Crippen LogP contribution is -2.18. The highest BCUT2D eigenvalue weighted by molar-refractivity contribution is 5.98.